The van der Waals surface area contributed by atoms with Crippen LogP contribution >= 0.6 is 28.1 Å². The maximum Gasteiger partial charge on any atom is 0.335 e. The molecule has 10 heteroatoms. The van der Waals surface area contributed by atoms with Crippen LogP contribution in [-0.2, 0) is 9.59 Å². The van der Waals surface area contributed by atoms with Gasteiger partial charge in [0, 0.05) is 4.47 Å². The largest absolute Gasteiger partial charge is 0.493 e. The molecule has 1 saturated heterocycles. The summed E-state index contributed by atoms with van der Waals surface area (Å²) in [5, 5.41) is 11.5. The number of hydrogen-bond donors (Lipinski definition) is 2. The van der Waals surface area contributed by atoms with Crippen molar-refractivity contribution in [3.8, 4) is 11.5 Å². The molecule has 2 amide bonds. The Balaban J connectivity index is 2.07. The van der Waals surface area contributed by atoms with Crippen LogP contribution in [0.5, 0.6) is 11.5 Å². The Hall–Kier alpha value is -3.24. The van der Waals surface area contributed by atoms with Gasteiger partial charge in [0.05, 0.1) is 25.5 Å². The van der Waals surface area contributed by atoms with Crippen LogP contribution in [0, 0.1) is 0 Å². The molecule has 0 radical (unpaired) electrons. The Morgan fingerprint density at radius 2 is 1.83 bits per heavy atom. The van der Waals surface area contributed by atoms with Gasteiger partial charge in [-0.2, -0.15) is 0 Å². The lowest BCUT2D eigenvalue weighted by atomic mass is 10.1. The molecule has 1 aliphatic rings. The molecule has 2 N–H and O–H groups in total. The summed E-state index contributed by atoms with van der Waals surface area (Å²) in [6.45, 7) is 0. The van der Waals surface area contributed by atoms with Crippen molar-refractivity contribution in [3.05, 3.63) is 57.6 Å². The number of hydrogen-bond acceptors (Lipinski definition) is 6. The summed E-state index contributed by atoms with van der Waals surface area (Å²) in [4.78, 5) is 37.9. The normalized spacial score (nSPS) is 15.2. The van der Waals surface area contributed by atoms with E-state index in [0.717, 1.165) is 4.90 Å². The van der Waals surface area contributed by atoms with Crippen molar-refractivity contribution in [2.45, 2.75) is 0 Å². The van der Waals surface area contributed by atoms with Gasteiger partial charge in [-0.25, -0.2) is 4.79 Å². The number of aromatic carboxylic acids is 1. The van der Waals surface area contributed by atoms with Gasteiger partial charge in [-0.3, -0.25) is 19.8 Å². The molecule has 3 rings (SSSR count). The summed E-state index contributed by atoms with van der Waals surface area (Å²) >= 11 is 8.53. The van der Waals surface area contributed by atoms with Gasteiger partial charge in [0.1, 0.15) is 5.57 Å². The van der Waals surface area contributed by atoms with Crippen LogP contribution in [0.4, 0.5) is 5.69 Å². The zero-order chi connectivity index (χ0) is 22.0. The lowest BCUT2D eigenvalue weighted by molar-refractivity contribution is -0.122. The first-order chi connectivity index (χ1) is 14.3. The van der Waals surface area contributed by atoms with Crippen molar-refractivity contribution in [2.75, 3.05) is 19.1 Å². The Bertz CT molecular complexity index is 1110. The predicted octanol–water partition coefficient (Wildman–Crippen LogP) is 3.00. The molecule has 0 aromatic heterocycles. The Labute approximate surface area is 185 Å². The number of halogens is 1. The minimum atomic E-state index is -1.15. The first-order valence-electron chi connectivity index (χ1n) is 8.43. The highest BCUT2D eigenvalue weighted by atomic mass is 79.9. The van der Waals surface area contributed by atoms with Gasteiger partial charge < -0.3 is 14.6 Å². The van der Waals surface area contributed by atoms with Crippen molar-refractivity contribution in [3.63, 3.8) is 0 Å². The SMILES string of the molecule is COc1cc(Br)c(C=C2C(=O)NC(=S)N(c3cccc(C(=O)O)c3)C2=O)cc1OC. The fourth-order valence-corrected chi connectivity index (χ4v) is 3.52. The van der Waals surface area contributed by atoms with Crippen LogP contribution in [0.25, 0.3) is 6.08 Å². The monoisotopic (exact) mass is 490 g/mol. The van der Waals surface area contributed by atoms with E-state index in [-0.39, 0.29) is 21.9 Å². The smallest absolute Gasteiger partial charge is 0.335 e. The molecule has 30 heavy (non-hydrogen) atoms. The fourth-order valence-electron chi connectivity index (χ4n) is 2.81. The molecular weight excluding hydrogens is 476 g/mol. The van der Waals surface area contributed by atoms with E-state index in [0.29, 0.717) is 21.5 Å². The average molecular weight is 491 g/mol. The molecule has 0 spiro atoms. The van der Waals surface area contributed by atoms with Crippen LogP contribution in [0.2, 0.25) is 0 Å². The standard InChI is InChI=1S/C20H15BrN2O6S/c1-28-15-8-11(14(21)9-16(15)29-2)7-13-17(24)22-20(30)23(18(13)25)12-5-3-4-10(6-12)19(26)27/h3-9H,1-2H3,(H,26,27)(H,22,24,30). The number of rotatable bonds is 5. The van der Waals surface area contributed by atoms with Crippen molar-refractivity contribution >= 4 is 62.8 Å². The van der Waals surface area contributed by atoms with Crippen LogP contribution in [0.3, 0.4) is 0 Å². The molecule has 0 saturated carbocycles. The predicted molar refractivity (Wildman–Crippen MR) is 117 cm³/mol. The van der Waals surface area contributed by atoms with Gasteiger partial charge in [0.2, 0.25) is 0 Å². The lowest BCUT2D eigenvalue weighted by Crippen LogP contribution is -2.54. The number of carbonyl (C=O) groups excluding carboxylic acids is 2. The molecule has 1 fully saturated rings. The number of carbonyl (C=O) groups is 3. The summed E-state index contributed by atoms with van der Waals surface area (Å²) in [5.74, 6) is -1.62. The molecule has 154 valence electrons. The highest BCUT2D eigenvalue weighted by molar-refractivity contribution is 9.10. The third kappa shape index (κ3) is 4.05. The van der Waals surface area contributed by atoms with Crippen LogP contribution in [0.15, 0.2) is 46.4 Å². The topological polar surface area (TPSA) is 105 Å². The molecule has 0 atom stereocenters. The van der Waals surface area contributed by atoms with E-state index in [9.17, 15) is 19.5 Å². The molecular formula is C20H15BrN2O6S. The number of benzene rings is 2. The fraction of sp³-hybridized carbons (Fsp3) is 0.100. The van der Waals surface area contributed by atoms with Crippen molar-refractivity contribution in [1.82, 2.24) is 5.32 Å². The van der Waals surface area contributed by atoms with Gasteiger partial charge in [-0.1, -0.05) is 22.0 Å². The van der Waals surface area contributed by atoms with E-state index in [1.165, 1.54) is 44.6 Å². The minimum Gasteiger partial charge on any atom is -0.493 e. The third-order valence-electron chi connectivity index (χ3n) is 4.26. The van der Waals surface area contributed by atoms with E-state index >= 15 is 0 Å². The lowest BCUT2D eigenvalue weighted by Gasteiger charge is -2.29. The number of carboxylic acids is 1. The molecule has 0 unspecified atom stereocenters. The number of anilines is 1. The second-order valence-corrected chi connectivity index (χ2v) is 7.28. The summed E-state index contributed by atoms with van der Waals surface area (Å²) < 4.78 is 11.1. The van der Waals surface area contributed by atoms with Gasteiger partial charge in [-0.15, -0.1) is 0 Å². The van der Waals surface area contributed by atoms with Gasteiger partial charge in [-0.05, 0) is 54.2 Å². The van der Waals surface area contributed by atoms with Crippen molar-refractivity contribution < 1.29 is 29.0 Å². The van der Waals surface area contributed by atoms with E-state index < -0.39 is 17.8 Å². The molecule has 1 aliphatic heterocycles. The Kier molecular flexibility index (Phi) is 6.18. The zero-order valence-corrected chi connectivity index (χ0v) is 18.2. The number of amides is 2. The van der Waals surface area contributed by atoms with Crippen LogP contribution < -0.4 is 19.7 Å². The average Bonchev–Trinajstić information content (AvgIpc) is 2.71. The van der Waals surface area contributed by atoms with E-state index in [1.807, 2.05) is 0 Å². The number of carboxylic acid groups (broad SMARTS) is 1. The molecule has 8 nitrogen and oxygen atoms in total. The van der Waals surface area contributed by atoms with Crippen molar-refractivity contribution in [1.29, 1.82) is 0 Å². The number of nitrogens with zero attached hydrogens (tertiary/aromatic N) is 1. The molecule has 1 heterocycles. The minimum absolute atomic E-state index is 0.0202. The van der Waals surface area contributed by atoms with E-state index in [4.69, 9.17) is 21.7 Å². The van der Waals surface area contributed by atoms with Crippen molar-refractivity contribution in [2.24, 2.45) is 0 Å². The highest BCUT2D eigenvalue weighted by Gasteiger charge is 2.35. The maximum atomic E-state index is 13.1. The summed E-state index contributed by atoms with van der Waals surface area (Å²) in [6.07, 6.45) is 1.39. The first kappa shape index (κ1) is 21.5. The highest BCUT2D eigenvalue weighted by Crippen LogP contribution is 2.35. The number of ether oxygens (including phenoxy) is 2. The summed E-state index contributed by atoms with van der Waals surface area (Å²) in [6, 6.07) is 8.96. The number of nitrogens with one attached hydrogen (secondary N) is 1. The van der Waals surface area contributed by atoms with Gasteiger partial charge in [0.15, 0.2) is 16.6 Å². The first-order valence-corrected chi connectivity index (χ1v) is 9.63. The third-order valence-corrected chi connectivity index (χ3v) is 5.23. The Morgan fingerprint density at radius 3 is 2.47 bits per heavy atom. The van der Waals surface area contributed by atoms with Gasteiger partial charge in [0.25, 0.3) is 11.8 Å². The van der Waals surface area contributed by atoms with E-state index in [2.05, 4.69) is 21.2 Å². The van der Waals surface area contributed by atoms with Crippen LogP contribution in [0.1, 0.15) is 15.9 Å². The number of thiocarbonyl (C=S) groups is 1. The second kappa shape index (κ2) is 8.64. The molecule has 0 bridgehead atoms. The second-order valence-electron chi connectivity index (χ2n) is 6.04. The quantitative estimate of drug-likeness (QED) is 0.377. The molecule has 2 aromatic rings. The summed E-state index contributed by atoms with van der Waals surface area (Å²) in [5.41, 5.74) is 0.519. The van der Waals surface area contributed by atoms with Crippen LogP contribution in [-0.4, -0.2) is 42.2 Å². The molecule has 0 aliphatic carbocycles. The molecule has 2 aromatic carbocycles. The van der Waals surface area contributed by atoms with Gasteiger partial charge >= 0.3 is 5.97 Å². The Morgan fingerprint density at radius 1 is 1.17 bits per heavy atom. The maximum absolute atomic E-state index is 13.1. The zero-order valence-electron chi connectivity index (χ0n) is 15.8. The van der Waals surface area contributed by atoms with E-state index in [1.54, 1.807) is 12.1 Å². The summed E-state index contributed by atoms with van der Waals surface area (Å²) in [7, 11) is 2.96. The number of methoxy groups -OCH3 is 2.